The summed E-state index contributed by atoms with van der Waals surface area (Å²) in [5.74, 6) is 0. The van der Waals surface area contributed by atoms with Gasteiger partial charge in [-0.05, 0) is 50.1 Å². The van der Waals surface area contributed by atoms with Crippen molar-refractivity contribution in [3.05, 3.63) is 35.4 Å². The van der Waals surface area contributed by atoms with Crippen molar-refractivity contribution in [2.45, 2.75) is 18.8 Å². The fourth-order valence-electron chi connectivity index (χ4n) is 1.94. The first-order valence-electron chi connectivity index (χ1n) is 10.9. The van der Waals surface area contributed by atoms with Gasteiger partial charge in [-0.15, -0.1) is 0 Å². The van der Waals surface area contributed by atoms with Gasteiger partial charge in [-0.25, -0.2) is 4.79 Å². The van der Waals surface area contributed by atoms with Gasteiger partial charge in [0.25, 0.3) is 0 Å². The third-order valence-corrected chi connectivity index (χ3v) is 2.98. The number of carbonyl (C=O) groups is 1. The highest BCUT2D eigenvalue weighted by molar-refractivity contribution is 5.84. The smallest absolute Gasteiger partial charge is 0.407 e. The molecule has 112 valence electrons. The number of amides is 1. The lowest BCUT2D eigenvalue weighted by Crippen LogP contribution is -2.28. The van der Waals surface area contributed by atoms with Crippen molar-refractivity contribution in [2.24, 2.45) is 0 Å². The molecule has 1 aromatic carbocycles. The maximum absolute atomic E-state index is 11.6. The number of rotatable bonds is 5. The number of aromatic nitrogens is 1. The minimum Gasteiger partial charge on any atom is -0.447 e. The van der Waals surface area contributed by atoms with Crippen LogP contribution in [0.1, 0.15) is 23.5 Å². The average Bonchev–Trinajstić information content (AvgIpc) is 3.04. The molecule has 5 heteroatoms. The van der Waals surface area contributed by atoms with E-state index in [4.69, 9.17) is 12.3 Å². The van der Waals surface area contributed by atoms with Crippen LogP contribution in [0.15, 0.2) is 24.3 Å². The number of nitrogens with one attached hydrogen (secondary N) is 2. The Morgan fingerprint density at radius 3 is 3.19 bits per heavy atom. The number of hydrogen-bond acceptors (Lipinski definition) is 3. The van der Waals surface area contributed by atoms with E-state index in [1.165, 1.54) is 0 Å². The molecule has 2 heterocycles. The van der Waals surface area contributed by atoms with E-state index in [0.717, 1.165) is 0 Å². The number of carbonyl (C=O) groups excluding carboxylic acids is 1. The van der Waals surface area contributed by atoms with Crippen molar-refractivity contribution in [3.63, 3.8) is 0 Å². The number of ether oxygens (including phenoxy) is 1. The molecule has 21 heavy (non-hydrogen) atoms. The lowest BCUT2D eigenvalue weighted by molar-refractivity contribution is 0.177. The predicted molar refractivity (Wildman–Crippen MR) is 82.5 cm³/mol. The number of benzene rings is 1. The van der Waals surface area contributed by atoms with Crippen molar-refractivity contribution in [1.29, 1.82) is 0 Å². The fourth-order valence-corrected chi connectivity index (χ4v) is 1.94. The number of cyclic esters (lactones) is 1. The van der Waals surface area contributed by atoms with E-state index in [-0.39, 0.29) is 17.1 Å². The minimum absolute atomic E-state index is 0.0251. The van der Waals surface area contributed by atoms with Crippen molar-refractivity contribution >= 4 is 17.0 Å². The Morgan fingerprint density at radius 1 is 1.62 bits per heavy atom. The molecule has 1 atom stereocenters. The lowest BCUT2D eigenvalue weighted by Gasteiger charge is -2.09. The van der Waals surface area contributed by atoms with Crippen molar-refractivity contribution in [1.82, 2.24) is 15.2 Å². The Bertz CT molecular complexity index is 1040. The molecule has 1 aliphatic heterocycles. The molecule has 0 aliphatic carbocycles. The number of H-pyrrole nitrogens is 1. The van der Waals surface area contributed by atoms with Crippen LogP contribution in [-0.4, -0.2) is 49.2 Å². The van der Waals surface area contributed by atoms with Gasteiger partial charge >= 0.3 is 6.09 Å². The first-order valence-corrected chi connectivity index (χ1v) is 6.43. The molecule has 1 saturated heterocycles. The predicted octanol–water partition coefficient (Wildman–Crippen LogP) is 1.92. The van der Waals surface area contributed by atoms with Gasteiger partial charge in [0.15, 0.2) is 0 Å². The summed E-state index contributed by atoms with van der Waals surface area (Å²) in [6, 6.07) is -4.77. The number of fused-ring (bicyclic) bond motifs is 1. The Labute approximate surface area is 136 Å². The maximum atomic E-state index is 11.6. The molecule has 0 bridgehead atoms. The van der Waals surface area contributed by atoms with Gasteiger partial charge in [-0.1, -0.05) is 6.04 Å². The van der Waals surface area contributed by atoms with Gasteiger partial charge in [0.2, 0.25) is 0 Å². The van der Waals surface area contributed by atoms with Gasteiger partial charge in [0, 0.05) is 26.4 Å². The monoisotopic (exact) mass is 296 g/mol. The van der Waals surface area contributed by atoms with Gasteiger partial charge in [0.05, 0.1) is 15.6 Å². The van der Waals surface area contributed by atoms with Crippen LogP contribution < -0.4 is 5.32 Å². The molecule has 0 unspecified atom stereocenters. The number of likely N-dealkylation sites (N-methyl/N-ethyl adjacent to an activating group) is 1. The molecule has 5 nitrogen and oxygen atoms in total. The van der Waals surface area contributed by atoms with E-state index in [0.29, 0.717) is 18.5 Å². The minimum atomic E-state index is -3.11. The summed E-state index contributed by atoms with van der Waals surface area (Å²) >= 11 is 0. The molecule has 2 N–H and O–H groups in total. The van der Waals surface area contributed by atoms with Gasteiger partial charge < -0.3 is 19.9 Å². The summed E-state index contributed by atoms with van der Waals surface area (Å²) in [5.41, 5.74) is -0.352. The zero-order chi connectivity index (χ0) is 22.8. The van der Waals surface area contributed by atoms with Crippen LogP contribution in [0.5, 0.6) is 0 Å². The molecular weight excluding hydrogens is 266 g/mol. The van der Waals surface area contributed by atoms with E-state index in [2.05, 4.69) is 9.72 Å². The Balaban J connectivity index is 2.31. The van der Waals surface area contributed by atoms with Crippen molar-refractivity contribution < 1.29 is 21.9 Å². The lowest BCUT2D eigenvalue weighted by atomic mass is 10.0. The summed E-state index contributed by atoms with van der Waals surface area (Å²) in [7, 11) is 3.63. The van der Waals surface area contributed by atoms with Crippen molar-refractivity contribution in [2.75, 3.05) is 27.2 Å². The summed E-state index contributed by atoms with van der Waals surface area (Å²) in [5, 5.41) is 1.88. The third kappa shape index (κ3) is 3.19. The van der Waals surface area contributed by atoms with Crippen LogP contribution >= 0.6 is 0 Å². The highest BCUT2D eigenvalue weighted by Gasteiger charge is 2.22. The maximum Gasteiger partial charge on any atom is 0.407 e. The summed E-state index contributed by atoms with van der Waals surface area (Å²) in [6.07, 6.45) is -4.21. The fraction of sp³-hybridized carbons (Fsp3) is 0.438. The van der Waals surface area contributed by atoms with E-state index in [1.807, 2.05) is 24.3 Å². The molecule has 0 spiro atoms. The van der Waals surface area contributed by atoms with Crippen LogP contribution in [-0.2, 0) is 17.5 Å². The SMILES string of the molecule is [2H]c1[nH]c2c([2H])c([2H])c(C([2H])([2H])[C@]3([2H])NC(=O)OC3([2H])[2H])c([2H])c2c1CCN(C)C. The molecule has 1 aliphatic rings. The Morgan fingerprint density at radius 2 is 2.48 bits per heavy atom. The molecule has 0 radical (unpaired) electrons. The largest absolute Gasteiger partial charge is 0.447 e. The highest BCUT2D eigenvalue weighted by atomic mass is 16.6. The number of alkyl carbamates (subject to hydrolysis) is 1. The zero-order valence-electron chi connectivity index (χ0n) is 20.7. The highest BCUT2D eigenvalue weighted by Crippen LogP contribution is 2.21. The average molecular weight is 296 g/mol. The van der Waals surface area contributed by atoms with Crippen LogP contribution in [0, 0.1) is 0 Å². The van der Waals surface area contributed by atoms with Crippen molar-refractivity contribution in [3.8, 4) is 0 Å². The number of nitrogens with zero attached hydrogens (tertiary/aromatic N) is 1. The Hall–Kier alpha value is -2.01. The van der Waals surface area contributed by atoms with Gasteiger partial charge in [-0.2, -0.15) is 0 Å². The second-order valence-corrected chi connectivity index (χ2v) is 4.90. The molecule has 3 rings (SSSR count). The van der Waals surface area contributed by atoms with E-state index in [9.17, 15) is 4.79 Å². The van der Waals surface area contributed by atoms with Crippen LogP contribution in [0.3, 0.4) is 0 Å². The topological polar surface area (TPSA) is 57.4 Å². The molecule has 1 aromatic heterocycles. The quantitative estimate of drug-likeness (QED) is 0.886. The normalized spacial score (nSPS) is 31.0. The van der Waals surface area contributed by atoms with Crippen LogP contribution in [0.25, 0.3) is 10.9 Å². The standard InChI is InChI=1S/C16H21N3O2/c1-19(2)6-5-12-9-17-15-4-3-11(8-14(12)15)7-13-10-21-16(20)18-13/h3-4,8-9,13,17H,5-7,10H2,1-2H3,(H,18,20)/t13-/m0/s1/i3D,4D,7D2,8D,9D,10D2,13D. The van der Waals surface area contributed by atoms with E-state index in [1.54, 1.807) is 0 Å². The molecule has 1 fully saturated rings. The van der Waals surface area contributed by atoms with E-state index >= 15 is 0 Å². The molecule has 1 amide bonds. The molecule has 0 saturated carbocycles. The second kappa shape index (κ2) is 5.77. The summed E-state index contributed by atoms with van der Waals surface area (Å²) in [6.45, 7) is -2.60. The molecular formula is C16H21N3O2. The van der Waals surface area contributed by atoms with Gasteiger partial charge in [-0.3, -0.25) is 0 Å². The number of aromatic amines is 1. The van der Waals surface area contributed by atoms with Gasteiger partial charge in [0.1, 0.15) is 6.56 Å². The van der Waals surface area contributed by atoms with E-state index < -0.39 is 48.7 Å². The number of hydrogen-bond donors (Lipinski definition) is 2. The first-order chi connectivity index (χ1) is 13.7. The first kappa shape index (κ1) is 6.83. The third-order valence-electron chi connectivity index (χ3n) is 2.98. The van der Waals surface area contributed by atoms with Crippen LogP contribution in [0.4, 0.5) is 4.79 Å². The Kier molecular flexibility index (Phi) is 1.88. The van der Waals surface area contributed by atoms with Crippen LogP contribution in [0.2, 0.25) is 0 Å². The summed E-state index contributed by atoms with van der Waals surface area (Å²) < 4.78 is 78.6. The summed E-state index contributed by atoms with van der Waals surface area (Å²) in [4.78, 5) is 16.1. The zero-order valence-corrected chi connectivity index (χ0v) is 11.7. The molecule has 2 aromatic rings. The second-order valence-electron chi connectivity index (χ2n) is 4.90.